The average Bonchev–Trinajstić information content (AvgIpc) is 3.31. The van der Waals surface area contributed by atoms with Crippen LogP contribution in [0.5, 0.6) is 0 Å². The van der Waals surface area contributed by atoms with Crippen molar-refractivity contribution in [2.24, 2.45) is 4.99 Å². The molecule has 1 unspecified atom stereocenters. The Morgan fingerprint density at radius 1 is 0.889 bits per heavy atom. The van der Waals surface area contributed by atoms with Gasteiger partial charge in [-0.3, -0.25) is 20.0 Å². The number of allylic oxidation sites excluding steroid dienone is 1. The Hall–Kier alpha value is -2.47. The van der Waals surface area contributed by atoms with Crippen molar-refractivity contribution in [3.63, 3.8) is 0 Å². The van der Waals surface area contributed by atoms with Crippen LogP contribution in [0, 0.1) is 0 Å². The smallest absolute Gasteiger partial charge is 0.201 e. The minimum atomic E-state index is -0.293. The van der Waals surface area contributed by atoms with Gasteiger partial charge in [-0.25, -0.2) is 5.06 Å². The quantitative estimate of drug-likeness (QED) is 0.910. The van der Waals surface area contributed by atoms with Gasteiger partial charge in [0.05, 0.1) is 6.04 Å². The highest BCUT2D eigenvalue weighted by atomic mass is 16.5. The Morgan fingerprint density at radius 3 is 2.11 bits per heavy atom. The predicted octanol–water partition coefficient (Wildman–Crippen LogP) is 3.11. The van der Waals surface area contributed by atoms with Gasteiger partial charge in [-0.15, -0.1) is 0 Å². The van der Waals surface area contributed by atoms with Crippen molar-refractivity contribution < 1.29 is 5.21 Å². The van der Waals surface area contributed by atoms with Crippen LogP contribution in [-0.4, -0.2) is 57.7 Å². The Kier molecular flexibility index (Phi) is 4.28. The fraction of sp³-hybridized carbons (Fsp3) is 0.318. The van der Waals surface area contributed by atoms with E-state index in [0.717, 1.165) is 19.5 Å². The van der Waals surface area contributed by atoms with Crippen molar-refractivity contribution in [1.82, 2.24) is 14.9 Å². The first-order valence-corrected chi connectivity index (χ1v) is 9.60. The monoisotopic (exact) mass is 360 g/mol. The van der Waals surface area contributed by atoms with E-state index in [2.05, 4.69) is 75.5 Å². The van der Waals surface area contributed by atoms with Crippen LogP contribution in [0.3, 0.4) is 0 Å². The number of rotatable bonds is 4. The molecule has 2 aromatic carbocycles. The third-order valence-electron chi connectivity index (χ3n) is 5.97. The van der Waals surface area contributed by atoms with Crippen molar-refractivity contribution in [2.45, 2.75) is 30.8 Å². The second-order valence-electron chi connectivity index (χ2n) is 7.53. The first-order chi connectivity index (χ1) is 13.3. The molecular weight excluding hydrogens is 336 g/mol. The lowest BCUT2D eigenvalue weighted by atomic mass is 9.96. The number of piperazine rings is 1. The molecule has 2 saturated heterocycles. The number of likely N-dealkylation sites (tertiary alicyclic amines) is 2. The molecule has 5 nitrogen and oxygen atoms in total. The van der Waals surface area contributed by atoms with Gasteiger partial charge in [0.2, 0.25) is 6.29 Å². The molecule has 0 saturated carbocycles. The minimum Gasteiger partial charge on any atom is -0.286 e. The molecule has 0 radical (unpaired) electrons. The Bertz CT molecular complexity index is 798. The second kappa shape index (κ2) is 6.93. The molecule has 3 heterocycles. The van der Waals surface area contributed by atoms with Crippen molar-refractivity contribution in [3.05, 3.63) is 84.1 Å². The highest BCUT2D eigenvalue weighted by molar-refractivity contribution is 5.71. The molecule has 1 N–H and O–H groups in total. The fourth-order valence-electron chi connectivity index (χ4n) is 4.81. The van der Waals surface area contributed by atoms with E-state index in [4.69, 9.17) is 0 Å². The average molecular weight is 360 g/mol. The molecule has 3 atom stereocenters. The van der Waals surface area contributed by atoms with Crippen LogP contribution in [0.25, 0.3) is 0 Å². The van der Waals surface area contributed by atoms with Gasteiger partial charge in [0.15, 0.2) is 0 Å². The van der Waals surface area contributed by atoms with Crippen molar-refractivity contribution in [3.8, 4) is 0 Å². The van der Waals surface area contributed by atoms with Crippen LogP contribution >= 0.6 is 0 Å². The third-order valence-corrected chi connectivity index (χ3v) is 5.97. The number of hydroxylamine groups is 2. The molecule has 0 aliphatic carbocycles. The zero-order valence-corrected chi connectivity index (χ0v) is 15.2. The highest BCUT2D eigenvalue weighted by Crippen LogP contribution is 2.41. The predicted molar refractivity (Wildman–Crippen MR) is 105 cm³/mol. The van der Waals surface area contributed by atoms with Crippen LogP contribution in [0.15, 0.2) is 77.9 Å². The number of fused-ring (bicyclic) bond motifs is 2. The molecule has 2 aromatic rings. The summed E-state index contributed by atoms with van der Waals surface area (Å²) in [6.07, 6.45) is 6.05. The first-order valence-electron chi connectivity index (χ1n) is 9.60. The van der Waals surface area contributed by atoms with E-state index in [1.165, 1.54) is 16.2 Å². The number of benzene rings is 2. The van der Waals surface area contributed by atoms with Crippen LogP contribution in [0.2, 0.25) is 0 Å². The van der Waals surface area contributed by atoms with E-state index in [0.29, 0.717) is 12.1 Å². The lowest BCUT2D eigenvalue weighted by molar-refractivity contribution is -0.139. The van der Waals surface area contributed by atoms with Gasteiger partial charge in [0.25, 0.3) is 0 Å². The summed E-state index contributed by atoms with van der Waals surface area (Å²) in [5, 5.41) is 11.4. The largest absolute Gasteiger partial charge is 0.286 e. The standard InChI is InChI=1S/C22H24N4O/c27-26-13-7-12-23-22(26)25-16-19-14-20(25)15-24(19)21(17-8-3-1-4-9-17)18-10-5-2-6-11-18/h1-13,19-22,27H,14-16H2/t19-,20-,22?/m0/s1. The van der Waals surface area contributed by atoms with Gasteiger partial charge in [0.1, 0.15) is 0 Å². The normalized spacial score (nSPS) is 27.8. The molecule has 0 amide bonds. The minimum absolute atomic E-state index is 0.268. The molecule has 5 rings (SSSR count). The molecule has 2 bridgehead atoms. The molecule has 5 heteroatoms. The summed E-state index contributed by atoms with van der Waals surface area (Å²) in [6.45, 7) is 1.91. The van der Waals surface area contributed by atoms with Gasteiger partial charge in [-0.2, -0.15) is 0 Å². The molecular formula is C22H24N4O. The zero-order valence-electron chi connectivity index (χ0n) is 15.2. The summed E-state index contributed by atoms with van der Waals surface area (Å²) < 4.78 is 0. The molecule has 27 heavy (non-hydrogen) atoms. The van der Waals surface area contributed by atoms with E-state index in [1.54, 1.807) is 18.5 Å². The summed E-state index contributed by atoms with van der Waals surface area (Å²) in [4.78, 5) is 9.43. The van der Waals surface area contributed by atoms with Crippen molar-refractivity contribution >= 4 is 6.21 Å². The van der Waals surface area contributed by atoms with Crippen LogP contribution < -0.4 is 0 Å². The molecule has 138 valence electrons. The summed E-state index contributed by atoms with van der Waals surface area (Å²) >= 11 is 0. The molecule has 3 aliphatic rings. The SMILES string of the molecule is ON1C=CC=NC1N1C[C@@H]2C[C@H]1CN2C(c1ccccc1)c1ccccc1. The number of nitrogens with zero attached hydrogens (tertiary/aromatic N) is 4. The Morgan fingerprint density at radius 2 is 1.56 bits per heavy atom. The van der Waals surface area contributed by atoms with Crippen molar-refractivity contribution in [2.75, 3.05) is 13.1 Å². The van der Waals surface area contributed by atoms with E-state index >= 15 is 0 Å². The zero-order chi connectivity index (χ0) is 18.2. The maximum Gasteiger partial charge on any atom is 0.201 e. The second-order valence-corrected chi connectivity index (χ2v) is 7.53. The van der Waals surface area contributed by atoms with Gasteiger partial charge >= 0.3 is 0 Å². The summed E-state index contributed by atoms with van der Waals surface area (Å²) in [6, 6.07) is 22.7. The topological polar surface area (TPSA) is 42.3 Å². The molecule has 3 aliphatic heterocycles. The van der Waals surface area contributed by atoms with E-state index in [-0.39, 0.29) is 12.3 Å². The van der Waals surface area contributed by atoms with Crippen LogP contribution in [0.4, 0.5) is 0 Å². The van der Waals surface area contributed by atoms with Crippen LogP contribution in [0.1, 0.15) is 23.6 Å². The van der Waals surface area contributed by atoms with E-state index in [9.17, 15) is 5.21 Å². The Balaban J connectivity index is 1.41. The number of hydrogen-bond donors (Lipinski definition) is 1. The van der Waals surface area contributed by atoms with Gasteiger partial charge in [-0.05, 0) is 23.6 Å². The summed E-state index contributed by atoms with van der Waals surface area (Å²) in [7, 11) is 0. The third kappa shape index (κ3) is 2.98. The highest BCUT2D eigenvalue weighted by Gasteiger charge is 2.49. The fourth-order valence-corrected chi connectivity index (χ4v) is 4.81. The van der Waals surface area contributed by atoms with Crippen molar-refractivity contribution in [1.29, 1.82) is 0 Å². The van der Waals surface area contributed by atoms with Gasteiger partial charge in [0, 0.05) is 37.6 Å². The molecule has 0 spiro atoms. The van der Waals surface area contributed by atoms with Gasteiger partial charge < -0.3 is 0 Å². The molecule has 2 fully saturated rings. The maximum absolute atomic E-state index is 10.2. The molecule has 0 aromatic heterocycles. The number of hydrogen-bond acceptors (Lipinski definition) is 5. The van der Waals surface area contributed by atoms with Gasteiger partial charge in [-0.1, -0.05) is 60.7 Å². The maximum atomic E-state index is 10.2. The lowest BCUT2D eigenvalue weighted by Crippen LogP contribution is -2.54. The number of aliphatic imine (C=N–C) groups is 1. The summed E-state index contributed by atoms with van der Waals surface area (Å²) in [5.74, 6) is 0. The summed E-state index contributed by atoms with van der Waals surface area (Å²) in [5.41, 5.74) is 2.68. The van der Waals surface area contributed by atoms with E-state index < -0.39 is 0 Å². The Labute approximate surface area is 159 Å². The van der Waals surface area contributed by atoms with E-state index in [1.807, 2.05) is 0 Å². The first kappa shape index (κ1) is 16.7. The van der Waals surface area contributed by atoms with Crippen LogP contribution in [-0.2, 0) is 0 Å². The lowest BCUT2D eigenvalue weighted by Gasteiger charge is -2.42.